The Morgan fingerprint density at radius 1 is 0.977 bits per heavy atom. The highest BCUT2D eigenvalue weighted by Gasteiger charge is 2.43. The number of methoxy groups -OCH3 is 1. The molecular formula is C35H28F3N3O3. The maximum Gasteiger partial charge on any atom is 0.418 e. The Labute approximate surface area is 252 Å². The lowest BCUT2D eigenvalue weighted by molar-refractivity contribution is -0.137. The molecule has 0 saturated heterocycles. The molecule has 1 aliphatic carbocycles. The zero-order chi connectivity index (χ0) is 31.0. The minimum absolute atomic E-state index is 0.00235. The molecule has 2 N–H and O–H groups in total. The van der Waals surface area contributed by atoms with Crippen molar-refractivity contribution in [3.8, 4) is 17.6 Å². The fraction of sp³-hybridized carbons (Fsp3) is 0.200. The van der Waals surface area contributed by atoms with E-state index in [0.29, 0.717) is 41.2 Å². The molecule has 1 aliphatic heterocycles. The number of benzene rings is 4. The van der Waals surface area contributed by atoms with E-state index in [9.17, 15) is 23.2 Å². The van der Waals surface area contributed by atoms with Gasteiger partial charge in [-0.15, -0.1) is 0 Å². The van der Waals surface area contributed by atoms with Gasteiger partial charge >= 0.3 is 6.18 Å². The van der Waals surface area contributed by atoms with Gasteiger partial charge < -0.3 is 15.2 Å². The molecule has 0 fully saturated rings. The summed E-state index contributed by atoms with van der Waals surface area (Å²) < 4.78 is 54.0. The number of allylic oxidation sites excluding steroid dienone is 3. The highest BCUT2D eigenvalue weighted by Crippen LogP contribution is 2.49. The summed E-state index contributed by atoms with van der Waals surface area (Å²) in [5, 5.41) is 12.5. The first-order valence-corrected chi connectivity index (χ1v) is 14.1. The third-order valence-electron chi connectivity index (χ3n) is 8.12. The van der Waals surface area contributed by atoms with Gasteiger partial charge in [-0.25, -0.2) is 0 Å². The number of rotatable bonds is 6. The van der Waals surface area contributed by atoms with Gasteiger partial charge in [0.05, 0.1) is 35.9 Å². The molecule has 6 rings (SSSR count). The van der Waals surface area contributed by atoms with E-state index < -0.39 is 17.7 Å². The van der Waals surface area contributed by atoms with E-state index in [0.717, 1.165) is 16.8 Å². The van der Waals surface area contributed by atoms with Crippen LogP contribution in [0, 0.1) is 11.3 Å². The van der Waals surface area contributed by atoms with Crippen LogP contribution < -0.4 is 20.1 Å². The van der Waals surface area contributed by atoms with E-state index in [4.69, 9.17) is 15.2 Å². The summed E-state index contributed by atoms with van der Waals surface area (Å²) in [4.78, 5) is 14.8. The van der Waals surface area contributed by atoms with Crippen molar-refractivity contribution in [2.24, 2.45) is 5.73 Å². The molecule has 0 saturated carbocycles. The van der Waals surface area contributed by atoms with E-state index >= 15 is 0 Å². The van der Waals surface area contributed by atoms with Crippen LogP contribution in [0.2, 0.25) is 0 Å². The number of anilines is 1. The molecule has 0 amide bonds. The topological polar surface area (TPSA) is 88.6 Å². The molecule has 0 spiro atoms. The van der Waals surface area contributed by atoms with Crippen molar-refractivity contribution < 1.29 is 27.4 Å². The summed E-state index contributed by atoms with van der Waals surface area (Å²) >= 11 is 0. The number of nitrogens with zero attached hydrogens (tertiary/aromatic N) is 2. The minimum Gasteiger partial charge on any atom is -0.496 e. The van der Waals surface area contributed by atoms with Crippen LogP contribution in [0.1, 0.15) is 41.9 Å². The number of halogens is 3. The summed E-state index contributed by atoms with van der Waals surface area (Å²) in [6.07, 6.45) is -3.67. The van der Waals surface area contributed by atoms with Crippen molar-refractivity contribution in [2.75, 3.05) is 12.0 Å². The fourth-order valence-electron chi connectivity index (χ4n) is 6.11. The Balaban J connectivity index is 1.43. The zero-order valence-corrected chi connectivity index (χ0v) is 23.8. The van der Waals surface area contributed by atoms with Gasteiger partial charge in [0.25, 0.3) is 0 Å². The van der Waals surface area contributed by atoms with Gasteiger partial charge in [0.1, 0.15) is 23.9 Å². The number of nitriles is 1. The summed E-state index contributed by atoms with van der Waals surface area (Å²) in [7, 11) is 1.54. The predicted octanol–water partition coefficient (Wildman–Crippen LogP) is 7.75. The average molecular weight is 596 g/mol. The van der Waals surface area contributed by atoms with E-state index in [2.05, 4.69) is 6.07 Å². The maximum absolute atomic E-state index is 14.1. The van der Waals surface area contributed by atoms with Gasteiger partial charge in [0, 0.05) is 23.3 Å². The Morgan fingerprint density at radius 3 is 2.48 bits per heavy atom. The lowest BCUT2D eigenvalue weighted by atomic mass is 9.75. The third kappa shape index (κ3) is 5.13. The normalized spacial score (nSPS) is 17.0. The first kappa shape index (κ1) is 28.9. The van der Waals surface area contributed by atoms with Crippen molar-refractivity contribution >= 4 is 22.2 Å². The lowest BCUT2D eigenvalue weighted by Gasteiger charge is -2.40. The maximum atomic E-state index is 14.1. The molecule has 1 atom stereocenters. The van der Waals surface area contributed by atoms with E-state index in [1.54, 1.807) is 18.2 Å². The monoisotopic (exact) mass is 595 g/mol. The van der Waals surface area contributed by atoms with Crippen molar-refractivity contribution in [1.82, 2.24) is 0 Å². The summed E-state index contributed by atoms with van der Waals surface area (Å²) in [5.41, 5.74) is 7.36. The lowest BCUT2D eigenvalue weighted by Crippen LogP contribution is -2.39. The van der Waals surface area contributed by atoms with Crippen LogP contribution in [-0.2, 0) is 17.6 Å². The van der Waals surface area contributed by atoms with Crippen molar-refractivity contribution in [1.29, 1.82) is 5.26 Å². The first-order chi connectivity index (χ1) is 21.2. The number of carbonyl (C=O) groups excluding carboxylic acids is 1. The second-order valence-corrected chi connectivity index (χ2v) is 10.7. The molecule has 4 aromatic rings. The highest BCUT2D eigenvalue weighted by atomic mass is 19.4. The summed E-state index contributed by atoms with van der Waals surface area (Å²) in [5.74, 6) is -0.0153. The molecular weight excluding hydrogens is 567 g/mol. The largest absolute Gasteiger partial charge is 0.496 e. The molecule has 4 aromatic carbocycles. The van der Waals surface area contributed by atoms with Gasteiger partial charge in [-0.05, 0) is 65.6 Å². The third-order valence-corrected chi connectivity index (χ3v) is 8.12. The van der Waals surface area contributed by atoms with Gasteiger partial charge in [-0.2, -0.15) is 18.4 Å². The Morgan fingerprint density at radius 2 is 1.73 bits per heavy atom. The minimum atomic E-state index is -4.67. The number of carbonyl (C=O) groups is 1. The van der Waals surface area contributed by atoms with E-state index in [-0.39, 0.29) is 41.5 Å². The second-order valence-electron chi connectivity index (χ2n) is 10.7. The zero-order valence-electron chi connectivity index (χ0n) is 23.8. The number of fused-ring (bicyclic) bond motifs is 1. The molecule has 1 heterocycles. The average Bonchev–Trinajstić information content (AvgIpc) is 3.02. The Bertz CT molecular complexity index is 1890. The molecule has 0 radical (unpaired) electrons. The van der Waals surface area contributed by atoms with Gasteiger partial charge in [0.2, 0.25) is 0 Å². The van der Waals surface area contributed by atoms with Crippen molar-refractivity contribution in [3.63, 3.8) is 0 Å². The van der Waals surface area contributed by atoms with Gasteiger partial charge in [0.15, 0.2) is 5.78 Å². The number of alkyl halides is 3. The molecule has 222 valence electrons. The van der Waals surface area contributed by atoms with Crippen LogP contribution in [0.25, 0.3) is 10.8 Å². The van der Waals surface area contributed by atoms with Gasteiger partial charge in [-0.3, -0.25) is 9.69 Å². The number of Topliss-reactive ketones (excluding diaryl/α,β-unsaturated/α-hetero) is 1. The number of ether oxygens (including phenoxy) is 2. The number of hydrogen-bond donors (Lipinski definition) is 1. The van der Waals surface area contributed by atoms with Crippen LogP contribution in [0.15, 0.2) is 108 Å². The van der Waals surface area contributed by atoms with Crippen LogP contribution >= 0.6 is 0 Å². The number of nitrogens with two attached hydrogens (primary N) is 1. The molecule has 0 aromatic heterocycles. The standard InChI is InChI=1S/C35H28F3N3O3/c1-43-31-16-14-23(17-24(31)20-44-25-15-13-21-7-2-3-8-22(21)18-25)32-26(19-39)34(40)41(29-11-6-12-30(42)33(29)32)28-10-5-4-9-27(28)35(36,37)38/h2-5,7-10,13-18,32H,6,11-12,20,40H2,1H3. The van der Waals surface area contributed by atoms with Crippen molar-refractivity contribution in [3.05, 3.63) is 124 Å². The second kappa shape index (κ2) is 11.5. The summed E-state index contributed by atoms with van der Waals surface area (Å²) in [6, 6.07) is 26.2. The SMILES string of the molecule is COc1ccc(C2C(C#N)=C(N)N(c3ccccc3C(F)(F)F)C3=C2C(=O)CCC3)cc1COc1ccc2ccccc2c1. The molecule has 9 heteroatoms. The fourth-order valence-corrected chi connectivity index (χ4v) is 6.11. The molecule has 0 bridgehead atoms. The quantitative estimate of drug-likeness (QED) is 0.245. The Hall–Kier alpha value is -5.23. The van der Waals surface area contributed by atoms with Crippen LogP contribution in [-0.4, -0.2) is 12.9 Å². The number of para-hydroxylation sites is 1. The predicted molar refractivity (Wildman–Crippen MR) is 161 cm³/mol. The van der Waals surface area contributed by atoms with E-state index in [1.807, 2.05) is 42.5 Å². The molecule has 2 aliphatic rings. The van der Waals surface area contributed by atoms with Crippen LogP contribution in [0.4, 0.5) is 18.9 Å². The highest BCUT2D eigenvalue weighted by molar-refractivity contribution is 6.01. The Kier molecular flexibility index (Phi) is 7.52. The number of hydrogen-bond acceptors (Lipinski definition) is 6. The number of ketones is 1. The molecule has 44 heavy (non-hydrogen) atoms. The summed E-state index contributed by atoms with van der Waals surface area (Å²) in [6.45, 7) is 0.133. The smallest absolute Gasteiger partial charge is 0.418 e. The van der Waals surface area contributed by atoms with Crippen LogP contribution in [0.3, 0.4) is 0 Å². The first-order valence-electron chi connectivity index (χ1n) is 14.1. The van der Waals surface area contributed by atoms with Crippen LogP contribution in [0.5, 0.6) is 11.5 Å². The van der Waals surface area contributed by atoms with Crippen molar-refractivity contribution in [2.45, 2.75) is 38.0 Å². The van der Waals surface area contributed by atoms with E-state index in [1.165, 1.54) is 30.2 Å². The molecule has 6 nitrogen and oxygen atoms in total. The van der Waals surface area contributed by atoms with Gasteiger partial charge in [-0.1, -0.05) is 48.5 Å². The molecule has 1 unspecified atom stereocenters.